The largest absolute Gasteiger partial charge is 0.495 e. The molecule has 0 aliphatic heterocycles. The second-order valence-corrected chi connectivity index (χ2v) is 5.95. The number of carbonyl (C=O) groups is 1. The fourth-order valence-corrected chi connectivity index (χ4v) is 2.82. The summed E-state index contributed by atoms with van der Waals surface area (Å²) < 4.78 is 5.23. The van der Waals surface area contributed by atoms with Crippen molar-refractivity contribution < 1.29 is 9.53 Å². The zero-order chi connectivity index (χ0) is 18.6. The molecule has 0 saturated heterocycles. The van der Waals surface area contributed by atoms with E-state index in [2.05, 4.69) is 20.7 Å². The number of carbonyl (C=O) groups excluding carboxylic acids is 1. The summed E-state index contributed by atoms with van der Waals surface area (Å²) in [6.07, 6.45) is 0. The number of tetrazole rings is 1. The highest BCUT2D eigenvalue weighted by molar-refractivity contribution is 5.92. The molecular weight excluding hydrogens is 342 g/mol. The minimum Gasteiger partial charge on any atom is -0.495 e. The normalized spacial score (nSPS) is 10.7. The lowest BCUT2D eigenvalue weighted by atomic mass is 10.1. The summed E-state index contributed by atoms with van der Waals surface area (Å²) in [6.45, 7) is -0.0430. The number of nitrogens with one attached hydrogen (secondary N) is 1. The van der Waals surface area contributed by atoms with Gasteiger partial charge in [0.2, 0.25) is 11.7 Å². The van der Waals surface area contributed by atoms with Crippen LogP contribution in [0.5, 0.6) is 5.75 Å². The Balaban J connectivity index is 1.49. The predicted molar refractivity (Wildman–Crippen MR) is 102 cm³/mol. The van der Waals surface area contributed by atoms with Crippen LogP contribution in [0, 0.1) is 0 Å². The van der Waals surface area contributed by atoms with Crippen molar-refractivity contribution in [2.75, 3.05) is 12.4 Å². The number of nitrogens with zero attached hydrogens (tertiary/aromatic N) is 4. The average Bonchev–Trinajstić information content (AvgIpc) is 3.16. The predicted octanol–water partition coefficient (Wildman–Crippen LogP) is 3.14. The summed E-state index contributed by atoms with van der Waals surface area (Å²) in [5.41, 5.74) is 1.45. The van der Waals surface area contributed by atoms with Crippen LogP contribution in [0.1, 0.15) is 0 Å². The molecule has 7 heteroatoms. The minimum absolute atomic E-state index is 0.0430. The molecule has 0 atom stereocenters. The molecule has 4 rings (SSSR count). The summed E-state index contributed by atoms with van der Waals surface area (Å²) in [5, 5.41) is 17.4. The Hall–Kier alpha value is -3.74. The van der Waals surface area contributed by atoms with E-state index in [9.17, 15) is 4.79 Å². The fourth-order valence-electron chi connectivity index (χ4n) is 2.82. The Morgan fingerprint density at radius 2 is 1.81 bits per heavy atom. The van der Waals surface area contributed by atoms with E-state index in [-0.39, 0.29) is 12.5 Å². The molecule has 7 nitrogen and oxygen atoms in total. The number of methoxy groups -OCH3 is 1. The molecule has 134 valence electrons. The lowest BCUT2D eigenvalue weighted by Crippen LogP contribution is -2.20. The van der Waals surface area contributed by atoms with Gasteiger partial charge in [0.1, 0.15) is 12.3 Å². The number of hydrogen-bond donors (Lipinski definition) is 1. The van der Waals surface area contributed by atoms with Gasteiger partial charge in [-0.25, -0.2) is 0 Å². The third-order valence-corrected chi connectivity index (χ3v) is 4.13. The Labute approximate surface area is 155 Å². The van der Waals surface area contributed by atoms with Crippen LogP contribution in [0.25, 0.3) is 22.2 Å². The number of rotatable bonds is 5. The van der Waals surface area contributed by atoms with E-state index < -0.39 is 0 Å². The van der Waals surface area contributed by atoms with Crippen LogP contribution in [0.3, 0.4) is 0 Å². The second-order valence-electron chi connectivity index (χ2n) is 5.95. The molecule has 0 aliphatic carbocycles. The van der Waals surface area contributed by atoms with Gasteiger partial charge in [0.05, 0.1) is 12.8 Å². The first-order chi connectivity index (χ1) is 13.2. The van der Waals surface area contributed by atoms with Crippen LogP contribution in [0.2, 0.25) is 0 Å². The first-order valence-electron chi connectivity index (χ1n) is 8.43. The van der Waals surface area contributed by atoms with Crippen LogP contribution in [-0.4, -0.2) is 33.2 Å². The highest BCUT2D eigenvalue weighted by Crippen LogP contribution is 2.23. The van der Waals surface area contributed by atoms with E-state index in [1.54, 1.807) is 19.2 Å². The fraction of sp³-hybridized carbons (Fsp3) is 0.100. The molecule has 0 unspecified atom stereocenters. The number of anilines is 1. The smallest absolute Gasteiger partial charge is 0.248 e. The van der Waals surface area contributed by atoms with Gasteiger partial charge in [-0.3, -0.25) is 4.79 Å². The summed E-state index contributed by atoms with van der Waals surface area (Å²) >= 11 is 0. The van der Waals surface area contributed by atoms with Crippen molar-refractivity contribution in [1.82, 2.24) is 20.2 Å². The van der Waals surface area contributed by atoms with Gasteiger partial charge in [0.25, 0.3) is 0 Å². The van der Waals surface area contributed by atoms with Crippen LogP contribution >= 0.6 is 0 Å². The van der Waals surface area contributed by atoms with Crippen molar-refractivity contribution in [2.24, 2.45) is 0 Å². The molecule has 0 bridgehead atoms. The Kier molecular flexibility index (Phi) is 4.49. The average molecular weight is 359 g/mol. The molecule has 1 N–H and O–H groups in total. The third-order valence-electron chi connectivity index (χ3n) is 4.13. The highest BCUT2D eigenvalue weighted by Gasteiger charge is 2.11. The first kappa shape index (κ1) is 16.7. The molecule has 0 aliphatic rings. The van der Waals surface area contributed by atoms with E-state index in [0.717, 1.165) is 16.3 Å². The number of aromatic nitrogens is 4. The number of hydrogen-bond acceptors (Lipinski definition) is 5. The minimum atomic E-state index is -0.262. The Bertz CT molecular complexity index is 1110. The number of benzene rings is 3. The summed E-state index contributed by atoms with van der Waals surface area (Å²) in [6, 6.07) is 21.2. The quantitative estimate of drug-likeness (QED) is 0.592. The van der Waals surface area contributed by atoms with E-state index in [1.165, 1.54) is 4.80 Å². The van der Waals surface area contributed by atoms with Crippen molar-refractivity contribution in [1.29, 1.82) is 0 Å². The van der Waals surface area contributed by atoms with E-state index >= 15 is 0 Å². The molecule has 0 saturated carbocycles. The van der Waals surface area contributed by atoms with Crippen molar-refractivity contribution in [3.63, 3.8) is 0 Å². The first-order valence-corrected chi connectivity index (χ1v) is 8.43. The van der Waals surface area contributed by atoms with Gasteiger partial charge in [0.15, 0.2) is 0 Å². The van der Waals surface area contributed by atoms with Crippen molar-refractivity contribution in [3.8, 4) is 17.1 Å². The second kappa shape index (κ2) is 7.25. The van der Waals surface area contributed by atoms with Crippen LogP contribution < -0.4 is 10.1 Å². The molecule has 27 heavy (non-hydrogen) atoms. The maximum atomic E-state index is 12.3. The maximum Gasteiger partial charge on any atom is 0.248 e. The maximum absolute atomic E-state index is 12.3. The lowest BCUT2D eigenvalue weighted by Gasteiger charge is -2.09. The van der Waals surface area contributed by atoms with Crippen LogP contribution in [-0.2, 0) is 11.3 Å². The topological polar surface area (TPSA) is 81.9 Å². The van der Waals surface area contributed by atoms with E-state index in [0.29, 0.717) is 17.3 Å². The Morgan fingerprint density at radius 1 is 1.04 bits per heavy atom. The molecule has 0 spiro atoms. The van der Waals surface area contributed by atoms with Gasteiger partial charge in [-0.05, 0) is 34.2 Å². The van der Waals surface area contributed by atoms with Gasteiger partial charge in [-0.2, -0.15) is 4.80 Å². The van der Waals surface area contributed by atoms with Crippen molar-refractivity contribution in [3.05, 3.63) is 66.7 Å². The van der Waals surface area contributed by atoms with E-state index in [4.69, 9.17) is 4.74 Å². The third kappa shape index (κ3) is 3.62. The molecular formula is C20H17N5O2. The van der Waals surface area contributed by atoms with Gasteiger partial charge in [-0.15, -0.1) is 10.2 Å². The number of amides is 1. The standard InChI is InChI=1S/C20H17N5O2/c1-27-18-9-5-4-8-17(18)21-19(26)13-25-23-20(22-24-25)16-11-10-14-6-2-3-7-15(14)12-16/h2-12H,13H2,1H3,(H,21,26). The van der Waals surface area contributed by atoms with Crippen LogP contribution in [0.15, 0.2) is 66.7 Å². The molecule has 0 fully saturated rings. The van der Waals surface area contributed by atoms with Crippen molar-refractivity contribution in [2.45, 2.75) is 6.54 Å². The SMILES string of the molecule is COc1ccccc1NC(=O)Cn1nnc(-c2ccc3ccccc3c2)n1. The molecule has 1 heterocycles. The molecule has 4 aromatic rings. The molecule has 1 amide bonds. The number of para-hydroxylation sites is 2. The zero-order valence-electron chi connectivity index (χ0n) is 14.7. The zero-order valence-corrected chi connectivity index (χ0v) is 14.7. The molecule has 0 radical (unpaired) electrons. The summed E-state index contributed by atoms with van der Waals surface area (Å²) in [4.78, 5) is 13.5. The van der Waals surface area contributed by atoms with Gasteiger partial charge in [0, 0.05) is 5.56 Å². The monoisotopic (exact) mass is 359 g/mol. The van der Waals surface area contributed by atoms with Crippen LogP contribution in [0.4, 0.5) is 5.69 Å². The van der Waals surface area contributed by atoms with Crippen molar-refractivity contribution >= 4 is 22.4 Å². The Morgan fingerprint density at radius 3 is 2.67 bits per heavy atom. The van der Waals surface area contributed by atoms with E-state index in [1.807, 2.05) is 54.6 Å². The molecule has 3 aromatic carbocycles. The highest BCUT2D eigenvalue weighted by atomic mass is 16.5. The van der Waals surface area contributed by atoms with Gasteiger partial charge >= 0.3 is 0 Å². The summed E-state index contributed by atoms with van der Waals surface area (Å²) in [5.74, 6) is 0.807. The number of ether oxygens (including phenoxy) is 1. The number of fused-ring (bicyclic) bond motifs is 1. The molecule has 1 aromatic heterocycles. The lowest BCUT2D eigenvalue weighted by molar-refractivity contribution is -0.117. The van der Waals surface area contributed by atoms with Gasteiger partial charge < -0.3 is 10.1 Å². The summed E-state index contributed by atoms with van der Waals surface area (Å²) in [7, 11) is 1.56. The van der Waals surface area contributed by atoms with Gasteiger partial charge in [-0.1, -0.05) is 48.5 Å².